The van der Waals surface area contributed by atoms with Crippen molar-refractivity contribution in [3.8, 4) is 0 Å². The van der Waals surface area contributed by atoms with Gasteiger partial charge in [0.2, 0.25) is 5.91 Å². The fourth-order valence-corrected chi connectivity index (χ4v) is 1.69. The summed E-state index contributed by atoms with van der Waals surface area (Å²) in [5.74, 6) is 1.01. The topological polar surface area (TPSA) is 74.8 Å². The SMILES string of the molecule is Cc1nc(C)c(CCC(=O)NCC(C)C)c(=O)[nH]1. The van der Waals surface area contributed by atoms with Gasteiger partial charge in [-0.3, -0.25) is 9.59 Å². The molecule has 0 aliphatic carbocycles. The number of aromatic amines is 1. The van der Waals surface area contributed by atoms with Crippen molar-refractivity contribution in [2.45, 2.75) is 40.5 Å². The highest BCUT2D eigenvalue weighted by Crippen LogP contribution is 2.02. The molecule has 1 aromatic rings. The quantitative estimate of drug-likeness (QED) is 0.822. The van der Waals surface area contributed by atoms with Crippen LogP contribution in [0.5, 0.6) is 0 Å². The number of nitrogens with zero attached hydrogens (tertiary/aromatic N) is 1. The first-order chi connectivity index (χ1) is 8.40. The van der Waals surface area contributed by atoms with Gasteiger partial charge in [0.05, 0.1) is 0 Å². The molecule has 5 nitrogen and oxygen atoms in total. The molecule has 0 saturated heterocycles. The third kappa shape index (κ3) is 4.31. The molecule has 0 radical (unpaired) electrons. The van der Waals surface area contributed by atoms with Crippen LogP contribution in [0.4, 0.5) is 0 Å². The minimum Gasteiger partial charge on any atom is -0.356 e. The zero-order chi connectivity index (χ0) is 13.7. The molecule has 0 aliphatic rings. The van der Waals surface area contributed by atoms with E-state index in [2.05, 4.69) is 15.3 Å². The maximum Gasteiger partial charge on any atom is 0.254 e. The predicted octanol–water partition coefficient (Wildman–Crippen LogP) is 1.09. The highest BCUT2D eigenvalue weighted by molar-refractivity contribution is 5.76. The van der Waals surface area contributed by atoms with Crippen molar-refractivity contribution in [2.24, 2.45) is 5.92 Å². The average Bonchev–Trinajstić information content (AvgIpc) is 2.24. The van der Waals surface area contributed by atoms with E-state index in [-0.39, 0.29) is 11.5 Å². The molecule has 1 heterocycles. The van der Waals surface area contributed by atoms with E-state index in [1.165, 1.54) is 0 Å². The summed E-state index contributed by atoms with van der Waals surface area (Å²) < 4.78 is 0. The van der Waals surface area contributed by atoms with Gasteiger partial charge in [-0.15, -0.1) is 0 Å². The molecule has 2 N–H and O–H groups in total. The van der Waals surface area contributed by atoms with Gasteiger partial charge in [0.15, 0.2) is 0 Å². The van der Waals surface area contributed by atoms with E-state index < -0.39 is 0 Å². The Morgan fingerprint density at radius 2 is 2.06 bits per heavy atom. The number of carbonyl (C=O) groups excluding carboxylic acids is 1. The fourth-order valence-electron chi connectivity index (χ4n) is 1.69. The summed E-state index contributed by atoms with van der Waals surface area (Å²) in [6.07, 6.45) is 0.750. The Kier molecular flexibility index (Phi) is 5.07. The van der Waals surface area contributed by atoms with Crippen molar-refractivity contribution in [1.29, 1.82) is 0 Å². The number of carbonyl (C=O) groups is 1. The Balaban J connectivity index is 2.59. The number of hydrogen-bond donors (Lipinski definition) is 2. The number of aromatic nitrogens is 2. The monoisotopic (exact) mass is 251 g/mol. The summed E-state index contributed by atoms with van der Waals surface area (Å²) in [7, 11) is 0. The van der Waals surface area contributed by atoms with E-state index in [4.69, 9.17) is 0 Å². The first-order valence-electron chi connectivity index (χ1n) is 6.23. The van der Waals surface area contributed by atoms with Crippen molar-refractivity contribution in [2.75, 3.05) is 6.54 Å². The molecule has 0 atom stereocenters. The van der Waals surface area contributed by atoms with Gasteiger partial charge >= 0.3 is 0 Å². The van der Waals surface area contributed by atoms with Crippen LogP contribution in [0.3, 0.4) is 0 Å². The number of amides is 1. The van der Waals surface area contributed by atoms with Crippen molar-refractivity contribution in [1.82, 2.24) is 15.3 Å². The van der Waals surface area contributed by atoms with Crippen molar-refractivity contribution in [3.63, 3.8) is 0 Å². The molecule has 100 valence electrons. The van der Waals surface area contributed by atoms with E-state index in [0.717, 1.165) is 0 Å². The van der Waals surface area contributed by atoms with Crippen molar-refractivity contribution in [3.05, 3.63) is 27.4 Å². The average molecular weight is 251 g/mol. The van der Waals surface area contributed by atoms with Gasteiger partial charge in [-0.2, -0.15) is 0 Å². The molecule has 0 spiro atoms. The van der Waals surface area contributed by atoms with Crippen LogP contribution in [0.15, 0.2) is 4.79 Å². The molecular weight excluding hydrogens is 230 g/mol. The zero-order valence-corrected chi connectivity index (χ0v) is 11.5. The summed E-state index contributed by atoms with van der Waals surface area (Å²) in [6.45, 7) is 8.29. The van der Waals surface area contributed by atoms with Crippen LogP contribution < -0.4 is 10.9 Å². The normalized spacial score (nSPS) is 10.7. The summed E-state index contributed by atoms with van der Waals surface area (Å²) in [5, 5.41) is 2.83. The smallest absolute Gasteiger partial charge is 0.254 e. The third-order valence-electron chi connectivity index (χ3n) is 2.65. The van der Waals surface area contributed by atoms with Crippen molar-refractivity contribution >= 4 is 5.91 Å². The molecule has 1 amide bonds. The standard InChI is InChI=1S/C13H21N3O2/c1-8(2)7-14-12(17)6-5-11-9(3)15-10(4)16-13(11)18/h8H,5-7H2,1-4H3,(H,14,17)(H,15,16,18). The molecule has 0 fully saturated rings. The van der Waals surface area contributed by atoms with Gasteiger partial charge in [-0.25, -0.2) is 4.98 Å². The number of nitrogens with one attached hydrogen (secondary N) is 2. The Morgan fingerprint density at radius 1 is 1.39 bits per heavy atom. The zero-order valence-electron chi connectivity index (χ0n) is 11.5. The van der Waals surface area contributed by atoms with Gasteiger partial charge in [-0.05, 0) is 26.2 Å². The van der Waals surface area contributed by atoms with Crippen LogP contribution in [-0.4, -0.2) is 22.4 Å². The molecule has 0 bridgehead atoms. The largest absolute Gasteiger partial charge is 0.356 e. The van der Waals surface area contributed by atoms with E-state index >= 15 is 0 Å². The lowest BCUT2D eigenvalue weighted by molar-refractivity contribution is -0.121. The van der Waals surface area contributed by atoms with Crippen LogP contribution >= 0.6 is 0 Å². The first kappa shape index (κ1) is 14.4. The number of aryl methyl sites for hydroxylation is 2. The molecule has 1 rings (SSSR count). The lowest BCUT2D eigenvalue weighted by Crippen LogP contribution is -2.28. The second-order valence-corrected chi connectivity index (χ2v) is 4.91. The second-order valence-electron chi connectivity index (χ2n) is 4.91. The Bertz CT molecular complexity index is 478. The van der Waals surface area contributed by atoms with E-state index in [1.54, 1.807) is 13.8 Å². The Morgan fingerprint density at radius 3 is 2.61 bits per heavy atom. The van der Waals surface area contributed by atoms with E-state index in [1.807, 2.05) is 13.8 Å². The van der Waals surface area contributed by atoms with Crippen LogP contribution in [0.1, 0.15) is 37.4 Å². The highest BCUT2D eigenvalue weighted by atomic mass is 16.1. The minimum absolute atomic E-state index is 0.0249. The van der Waals surface area contributed by atoms with Crippen LogP contribution in [-0.2, 0) is 11.2 Å². The Hall–Kier alpha value is -1.65. The first-order valence-corrected chi connectivity index (χ1v) is 6.23. The predicted molar refractivity (Wildman–Crippen MR) is 70.5 cm³/mol. The second kappa shape index (κ2) is 6.33. The van der Waals surface area contributed by atoms with Crippen LogP contribution in [0.25, 0.3) is 0 Å². The van der Waals surface area contributed by atoms with Crippen molar-refractivity contribution < 1.29 is 4.79 Å². The van der Waals surface area contributed by atoms with Crippen LogP contribution in [0, 0.1) is 19.8 Å². The summed E-state index contributed by atoms with van der Waals surface area (Å²) in [4.78, 5) is 30.1. The summed E-state index contributed by atoms with van der Waals surface area (Å²) >= 11 is 0. The molecular formula is C13H21N3O2. The molecule has 0 aromatic carbocycles. The number of rotatable bonds is 5. The molecule has 0 unspecified atom stereocenters. The van der Waals surface area contributed by atoms with E-state index in [0.29, 0.717) is 42.4 Å². The van der Waals surface area contributed by atoms with Gasteiger partial charge in [0.25, 0.3) is 5.56 Å². The van der Waals surface area contributed by atoms with Gasteiger partial charge < -0.3 is 10.3 Å². The lowest BCUT2D eigenvalue weighted by atomic mass is 10.1. The summed E-state index contributed by atoms with van der Waals surface area (Å²) in [5.41, 5.74) is 1.16. The molecule has 1 aromatic heterocycles. The molecule has 18 heavy (non-hydrogen) atoms. The lowest BCUT2D eigenvalue weighted by Gasteiger charge is -2.08. The molecule has 0 aliphatic heterocycles. The maximum absolute atomic E-state index is 11.7. The van der Waals surface area contributed by atoms with Gasteiger partial charge in [0.1, 0.15) is 5.82 Å². The maximum atomic E-state index is 11.7. The highest BCUT2D eigenvalue weighted by Gasteiger charge is 2.09. The third-order valence-corrected chi connectivity index (χ3v) is 2.65. The molecule has 0 saturated carbocycles. The van der Waals surface area contributed by atoms with E-state index in [9.17, 15) is 9.59 Å². The van der Waals surface area contributed by atoms with Gasteiger partial charge in [0, 0.05) is 24.2 Å². The fraction of sp³-hybridized carbons (Fsp3) is 0.615. The number of H-pyrrole nitrogens is 1. The molecule has 5 heteroatoms. The van der Waals surface area contributed by atoms with Crippen LogP contribution in [0.2, 0.25) is 0 Å². The van der Waals surface area contributed by atoms with Gasteiger partial charge in [-0.1, -0.05) is 13.8 Å². The summed E-state index contributed by atoms with van der Waals surface area (Å²) in [6, 6.07) is 0. The minimum atomic E-state index is -0.142. The number of hydrogen-bond acceptors (Lipinski definition) is 3. The Labute approximate surface area is 107 Å².